The smallest absolute Gasteiger partial charge is 0.304 e. The van der Waals surface area contributed by atoms with E-state index in [0.29, 0.717) is 12.5 Å². The molecular weight excluding hydrogens is 166 g/mol. The summed E-state index contributed by atoms with van der Waals surface area (Å²) >= 11 is 0. The lowest BCUT2D eigenvalue weighted by Crippen LogP contribution is -2.39. The maximum atomic E-state index is 10.4. The minimum atomic E-state index is -0.699. The van der Waals surface area contributed by atoms with Crippen molar-refractivity contribution in [2.24, 2.45) is 5.92 Å². The molecule has 1 heterocycles. The van der Waals surface area contributed by atoms with Crippen molar-refractivity contribution >= 4 is 5.97 Å². The number of carbonyl (C=O) groups is 1. The summed E-state index contributed by atoms with van der Waals surface area (Å²) in [7, 11) is 0. The molecule has 1 rings (SSSR count). The van der Waals surface area contributed by atoms with Gasteiger partial charge in [0, 0.05) is 18.6 Å². The standard InChI is InChI=1S/C10H19NO2/c1-8-6-10(2,3)11(7-8)5-4-9(12)13/h8H,4-7H2,1-3H3,(H,12,13). The Hall–Kier alpha value is -0.570. The molecule has 0 amide bonds. The van der Waals surface area contributed by atoms with Crippen LogP contribution in [0.4, 0.5) is 0 Å². The first-order chi connectivity index (χ1) is 5.92. The Kier molecular flexibility index (Phi) is 2.96. The van der Waals surface area contributed by atoms with E-state index in [1.807, 2.05) is 0 Å². The minimum absolute atomic E-state index is 0.189. The van der Waals surface area contributed by atoms with E-state index in [9.17, 15) is 4.79 Å². The number of hydrogen-bond acceptors (Lipinski definition) is 2. The lowest BCUT2D eigenvalue weighted by Gasteiger charge is -2.30. The highest BCUT2D eigenvalue weighted by Crippen LogP contribution is 2.31. The summed E-state index contributed by atoms with van der Waals surface area (Å²) in [6.45, 7) is 8.34. The maximum Gasteiger partial charge on any atom is 0.304 e. The van der Waals surface area contributed by atoms with Crippen LogP contribution < -0.4 is 0 Å². The molecule has 0 aromatic carbocycles. The molecule has 1 aliphatic heterocycles. The summed E-state index contributed by atoms with van der Waals surface area (Å²) in [4.78, 5) is 12.7. The van der Waals surface area contributed by atoms with Crippen LogP contribution in [0.15, 0.2) is 0 Å². The molecule has 1 aliphatic rings. The number of carboxylic acid groups (broad SMARTS) is 1. The third kappa shape index (κ3) is 2.69. The second-order valence-electron chi connectivity index (χ2n) is 4.71. The first-order valence-electron chi connectivity index (χ1n) is 4.88. The number of rotatable bonds is 3. The van der Waals surface area contributed by atoms with Crippen LogP contribution in [0.1, 0.15) is 33.6 Å². The zero-order valence-electron chi connectivity index (χ0n) is 8.71. The van der Waals surface area contributed by atoms with Crippen molar-refractivity contribution < 1.29 is 9.90 Å². The molecule has 0 saturated carbocycles. The summed E-state index contributed by atoms with van der Waals surface area (Å²) in [6, 6.07) is 0. The van der Waals surface area contributed by atoms with Crippen LogP contribution in [0.25, 0.3) is 0 Å². The molecule has 3 nitrogen and oxygen atoms in total. The van der Waals surface area contributed by atoms with Crippen molar-refractivity contribution in [3.05, 3.63) is 0 Å². The van der Waals surface area contributed by atoms with Gasteiger partial charge in [0.2, 0.25) is 0 Å². The molecule has 0 bridgehead atoms. The highest BCUT2D eigenvalue weighted by Gasteiger charge is 2.35. The number of nitrogens with zero attached hydrogens (tertiary/aromatic N) is 1. The number of likely N-dealkylation sites (tertiary alicyclic amines) is 1. The molecule has 0 radical (unpaired) electrons. The molecule has 1 saturated heterocycles. The Bertz CT molecular complexity index is 201. The number of hydrogen-bond donors (Lipinski definition) is 1. The summed E-state index contributed by atoms with van der Waals surface area (Å²) in [5.74, 6) is -0.000789. The van der Waals surface area contributed by atoms with E-state index in [2.05, 4.69) is 25.7 Å². The lowest BCUT2D eigenvalue weighted by molar-refractivity contribution is -0.137. The Morgan fingerprint density at radius 1 is 1.62 bits per heavy atom. The predicted octanol–water partition coefficient (Wildman–Crippen LogP) is 1.58. The van der Waals surface area contributed by atoms with Crippen LogP contribution in [-0.2, 0) is 4.79 Å². The second kappa shape index (κ2) is 3.66. The maximum absolute atomic E-state index is 10.4. The fourth-order valence-corrected chi connectivity index (χ4v) is 2.29. The second-order valence-corrected chi connectivity index (χ2v) is 4.71. The van der Waals surface area contributed by atoms with Crippen LogP contribution in [0.5, 0.6) is 0 Å². The fraction of sp³-hybridized carbons (Fsp3) is 0.900. The van der Waals surface area contributed by atoms with E-state index in [-0.39, 0.29) is 12.0 Å². The number of carboxylic acids is 1. The summed E-state index contributed by atoms with van der Waals surface area (Å²) < 4.78 is 0. The zero-order valence-corrected chi connectivity index (χ0v) is 8.71. The van der Waals surface area contributed by atoms with Crippen LogP contribution in [0.2, 0.25) is 0 Å². The third-order valence-corrected chi connectivity index (χ3v) is 2.83. The Balaban J connectivity index is 2.45. The monoisotopic (exact) mass is 185 g/mol. The summed E-state index contributed by atoms with van der Waals surface area (Å²) in [5, 5.41) is 8.58. The molecule has 13 heavy (non-hydrogen) atoms. The average Bonchev–Trinajstić information content (AvgIpc) is 2.19. The van der Waals surface area contributed by atoms with Crippen LogP contribution >= 0.6 is 0 Å². The van der Waals surface area contributed by atoms with Gasteiger partial charge >= 0.3 is 5.97 Å². The first kappa shape index (κ1) is 10.5. The Labute approximate surface area is 79.7 Å². The van der Waals surface area contributed by atoms with E-state index in [0.717, 1.165) is 6.54 Å². The normalized spacial score (nSPS) is 27.8. The van der Waals surface area contributed by atoms with Crippen molar-refractivity contribution in [1.82, 2.24) is 4.90 Å². The topological polar surface area (TPSA) is 40.5 Å². The van der Waals surface area contributed by atoms with Crippen molar-refractivity contribution in [1.29, 1.82) is 0 Å². The van der Waals surface area contributed by atoms with Gasteiger partial charge in [0.1, 0.15) is 0 Å². The minimum Gasteiger partial charge on any atom is -0.481 e. The van der Waals surface area contributed by atoms with Gasteiger partial charge in [-0.3, -0.25) is 9.69 Å². The first-order valence-corrected chi connectivity index (χ1v) is 4.88. The van der Waals surface area contributed by atoms with Gasteiger partial charge in [-0.2, -0.15) is 0 Å². The average molecular weight is 185 g/mol. The molecule has 0 aromatic rings. The zero-order chi connectivity index (χ0) is 10.1. The molecule has 1 atom stereocenters. The van der Waals surface area contributed by atoms with Crippen molar-refractivity contribution in [2.45, 2.75) is 39.2 Å². The molecule has 1 fully saturated rings. The summed E-state index contributed by atoms with van der Waals surface area (Å²) in [6.07, 6.45) is 1.43. The van der Waals surface area contributed by atoms with Gasteiger partial charge in [0.15, 0.2) is 0 Å². The van der Waals surface area contributed by atoms with Crippen LogP contribution in [0.3, 0.4) is 0 Å². The molecule has 0 spiro atoms. The van der Waals surface area contributed by atoms with E-state index >= 15 is 0 Å². The predicted molar refractivity (Wildman–Crippen MR) is 51.7 cm³/mol. The molecule has 3 heteroatoms. The Morgan fingerprint density at radius 3 is 2.62 bits per heavy atom. The van der Waals surface area contributed by atoms with E-state index in [1.54, 1.807) is 0 Å². The highest BCUT2D eigenvalue weighted by molar-refractivity contribution is 5.66. The van der Waals surface area contributed by atoms with Crippen molar-refractivity contribution in [2.75, 3.05) is 13.1 Å². The summed E-state index contributed by atoms with van der Waals surface area (Å²) in [5.41, 5.74) is 0.189. The van der Waals surface area contributed by atoms with Gasteiger partial charge in [-0.15, -0.1) is 0 Å². The third-order valence-electron chi connectivity index (χ3n) is 2.83. The van der Waals surface area contributed by atoms with Gasteiger partial charge in [0.05, 0.1) is 6.42 Å². The molecule has 0 aliphatic carbocycles. The fourth-order valence-electron chi connectivity index (χ4n) is 2.29. The highest BCUT2D eigenvalue weighted by atomic mass is 16.4. The van der Waals surface area contributed by atoms with Gasteiger partial charge in [-0.25, -0.2) is 0 Å². The van der Waals surface area contributed by atoms with Gasteiger partial charge in [-0.1, -0.05) is 6.92 Å². The molecule has 1 unspecified atom stereocenters. The lowest BCUT2D eigenvalue weighted by atomic mass is 9.98. The molecular formula is C10H19NO2. The van der Waals surface area contributed by atoms with Crippen molar-refractivity contribution in [3.63, 3.8) is 0 Å². The SMILES string of the molecule is CC1CN(CCC(=O)O)C(C)(C)C1. The Morgan fingerprint density at radius 2 is 2.23 bits per heavy atom. The molecule has 76 valence electrons. The molecule has 0 aromatic heterocycles. The number of aliphatic carboxylic acids is 1. The van der Waals surface area contributed by atoms with E-state index < -0.39 is 5.97 Å². The van der Waals surface area contributed by atoms with Crippen molar-refractivity contribution in [3.8, 4) is 0 Å². The van der Waals surface area contributed by atoms with Gasteiger partial charge in [0.25, 0.3) is 0 Å². The van der Waals surface area contributed by atoms with E-state index in [4.69, 9.17) is 5.11 Å². The van der Waals surface area contributed by atoms with Gasteiger partial charge < -0.3 is 5.11 Å². The van der Waals surface area contributed by atoms with E-state index in [1.165, 1.54) is 6.42 Å². The largest absolute Gasteiger partial charge is 0.481 e. The quantitative estimate of drug-likeness (QED) is 0.725. The molecule has 1 N–H and O–H groups in total. The van der Waals surface area contributed by atoms with Crippen LogP contribution in [0, 0.1) is 5.92 Å². The van der Waals surface area contributed by atoms with Crippen LogP contribution in [-0.4, -0.2) is 34.6 Å². The van der Waals surface area contributed by atoms with Gasteiger partial charge in [-0.05, 0) is 26.2 Å².